The molecular weight excluding hydrogens is 390 g/mol. The molecular formula is C22H23N9. The van der Waals surface area contributed by atoms with E-state index >= 15 is 0 Å². The minimum Gasteiger partial charge on any atom is -0.300 e. The Hall–Kier alpha value is -3.80. The molecule has 5 rings (SSSR count). The Labute approximate surface area is 179 Å². The third-order valence-corrected chi connectivity index (χ3v) is 6.15. The summed E-state index contributed by atoms with van der Waals surface area (Å²) in [6.45, 7) is 6.52. The summed E-state index contributed by atoms with van der Waals surface area (Å²) in [5, 5.41) is 22.8. The van der Waals surface area contributed by atoms with Crippen LogP contribution in [0, 0.1) is 16.7 Å². The number of fused-ring (bicyclic) bond motifs is 1. The molecule has 4 heterocycles. The minimum absolute atomic E-state index is 0.0574. The van der Waals surface area contributed by atoms with Crippen molar-refractivity contribution in [2.75, 3.05) is 6.54 Å². The molecule has 1 aliphatic rings. The summed E-state index contributed by atoms with van der Waals surface area (Å²) >= 11 is 0. The van der Waals surface area contributed by atoms with Gasteiger partial charge in [0.2, 0.25) is 0 Å². The van der Waals surface area contributed by atoms with Gasteiger partial charge in [0.15, 0.2) is 0 Å². The lowest BCUT2D eigenvalue weighted by Gasteiger charge is -2.53. The van der Waals surface area contributed by atoms with Crippen molar-refractivity contribution in [2.24, 2.45) is 17.5 Å². The molecule has 0 saturated heterocycles. The standard InChI is InChI=1S/C22H23N9/c1-21(15-24-2)13-22(14-21,5-6-23)31-11-17(9-27-31)20-19-4-7-25-30(19)12-18(28-20)16-8-26-29(3)10-16/h4,7-12H,2,5,13-15H2,1,3H3. The maximum atomic E-state index is 9.47. The van der Waals surface area contributed by atoms with Gasteiger partial charge < -0.3 is 4.99 Å². The maximum absolute atomic E-state index is 9.47. The minimum atomic E-state index is -0.316. The molecule has 9 heteroatoms. The molecule has 0 radical (unpaired) electrons. The van der Waals surface area contributed by atoms with Crippen molar-refractivity contribution in [1.29, 1.82) is 5.26 Å². The number of nitriles is 1. The van der Waals surface area contributed by atoms with E-state index < -0.39 is 0 Å². The van der Waals surface area contributed by atoms with Gasteiger partial charge in [0.25, 0.3) is 0 Å². The topological polar surface area (TPSA) is 102 Å². The first-order valence-electron chi connectivity index (χ1n) is 10.1. The van der Waals surface area contributed by atoms with E-state index in [1.807, 2.05) is 47.1 Å². The Kier molecular flexibility index (Phi) is 4.25. The Morgan fingerprint density at radius 1 is 1.16 bits per heavy atom. The van der Waals surface area contributed by atoms with Crippen molar-refractivity contribution < 1.29 is 0 Å². The normalized spacial score (nSPS) is 22.9. The van der Waals surface area contributed by atoms with Crippen molar-refractivity contribution in [3.63, 3.8) is 0 Å². The summed E-state index contributed by atoms with van der Waals surface area (Å²) in [4.78, 5) is 9.00. The van der Waals surface area contributed by atoms with Crippen LogP contribution in [-0.2, 0) is 12.6 Å². The summed E-state index contributed by atoms with van der Waals surface area (Å²) in [7, 11) is 1.88. The maximum Gasteiger partial charge on any atom is 0.0999 e. The molecule has 0 amide bonds. The van der Waals surface area contributed by atoms with Gasteiger partial charge in [0.05, 0.1) is 59.7 Å². The van der Waals surface area contributed by atoms with Gasteiger partial charge >= 0.3 is 0 Å². The summed E-state index contributed by atoms with van der Waals surface area (Å²) in [6, 6.07) is 4.29. The van der Waals surface area contributed by atoms with Gasteiger partial charge in [-0.05, 0) is 31.0 Å². The molecule has 4 aromatic heterocycles. The fourth-order valence-corrected chi connectivity index (χ4v) is 4.97. The Morgan fingerprint density at radius 2 is 1.97 bits per heavy atom. The second-order valence-corrected chi connectivity index (χ2v) is 8.82. The highest BCUT2D eigenvalue weighted by Gasteiger charge is 2.53. The van der Waals surface area contributed by atoms with Crippen LogP contribution in [0.3, 0.4) is 0 Å². The van der Waals surface area contributed by atoms with E-state index in [2.05, 4.69) is 40.0 Å². The molecule has 0 N–H and O–H groups in total. The highest BCUT2D eigenvalue weighted by Crippen LogP contribution is 2.54. The van der Waals surface area contributed by atoms with Crippen molar-refractivity contribution in [3.05, 3.63) is 43.2 Å². The van der Waals surface area contributed by atoms with E-state index in [4.69, 9.17) is 4.98 Å². The number of aryl methyl sites for hydroxylation is 1. The van der Waals surface area contributed by atoms with E-state index in [9.17, 15) is 5.26 Å². The lowest BCUT2D eigenvalue weighted by atomic mass is 9.57. The van der Waals surface area contributed by atoms with E-state index in [-0.39, 0.29) is 11.0 Å². The first-order chi connectivity index (χ1) is 15.0. The molecule has 0 aromatic carbocycles. The first-order valence-corrected chi connectivity index (χ1v) is 10.1. The molecule has 1 aliphatic carbocycles. The number of hydrogen-bond donors (Lipinski definition) is 0. The molecule has 4 aromatic rings. The Morgan fingerprint density at radius 3 is 2.68 bits per heavy atom. The van der Waals surface area contributed by atoms with Crippen LogP contribution >= 0.6 is 0 Å². The van der Waals surface area contributed by atoms with Crippen molar-refractivity contribution in [1.82, 2.24) is 34.2 Å². The van der Waals surface area contributed by atoms with Crippen LogP contribution in [0.15, 0.2) is 48.2 Å². The zero-order chi connectivity index (χ0) is 21.6. The van der Waals surface area contributed by atoms with Gasteiger partial charge in [0.1, 0.15) is 0 Å². The second-order valence-electron chi connectivity index (χ2n) is 8.82. The molecule has 31 heavy (non-hydrogen) atoms. The third kappa shape index (κ3) is 3.11. The van der Waals surface area contributed by atoms with E-state index in [1.54, 1.807) is 17.1 Å². The molecule has 0 bridgehead atoms. The summed E-state index contributed by atoms with van der Waals surface area (Å²) < 4.78 is 5.52. The molecule has 0 atom stereocenters. The SMILES string of the molecule is C=NCC1(C)CC(CC#N)(n2cc(-c3nc(-c4cnn(C)c4)cn4nccc34)cn2)C1. The average Bonchev–Trinajstić information content (AvgIpc) is 3.46. The zero-order valence-corrected chi connectivity index (χ0v) is 17.6. The predicted octanol–water partition coefficient (Wildman–Crippen LogP) is 3.10. The fourth-order valence-electron chi connectivity index (χ4n) is 4.97. The van der Waals surface area contributed by atoms with Gasteiger partial charge in [-0.2, -0.15) is 20.6 Å². The van der Waals surface area contributed by atoms with Gasteiger partial charge in [-0.3, -0.25) is 9.36 Å². The van der Waals surface area contributed by atoms with E-state index in [1.165, 1.54) is 0 Å². The zero-order valence-electron chi connectivity index (χ0n) is 17.6. The number of rotatable bonds is 6. The van der Waals surface area contributed by atoms with Crippen LogP contribution in [0.5, 0.6) is 0 Å². The van der Waals surface area contributed by atoms with Crippen LogP contribution in [0.2, 0.25) is 0 Å². The van der Waals surface area contributed by atoms with Gasteiger partial charge in [-0.1, -0.05) is 6.92 Å². The van der Waals surface area contributed by atoms with Crippen LogP contribution in [0.25, 0.3) is 28.0 Å². The molecule has 0 unspecified atom stereocenters. The molecule has 156 valence electrons. The quantitative estimate of drug-likeness (QED) is 0.452. The number of aliphatic imine (C=N–C) groups is 1. The van der Waals surface area contributed by atoms with Crippen LogP contribution < -0.4 is 0 Å². The van der Waals surface area contributed by atoms with Crippen LogP contribution in [0.4, 0.5) is 0 Å². The van der Waals surface area contributed by atoms with Crippen molar-refractivity contribution in [2.45, 2.75) is 31.7 Å². The van der Waals surface area contributed by atoms with Crippen LogP contribution in [-0.4, -0.2) is 47.4 Å². The molecule has 9 nitrogen and oxygen atoms in total. The van der Waals surface area contributed by atoms with Crippen LogP contribution in [0.1, 0.15) is 26.2 Å². The largest absolute Gasteiger partial charge is 0.300 e. The van der Waals surface area contributed by atoms with Gasteiger partial charge in [-0.25, -0.2) is 9.50 Å². The lowest BCUT2D eigenvalue weighted by Crippen LogP contribution is -2.53. The molecule has 0 spiro atoms. The monoisotopic (exact) mass is 413 g/mol. The highest BCUT2D eigenvalue weighted by molar-refractivity contribution is 5.78. The third-order valence-electron chi connectivity index (χ3n) is 6.15. The molecule has 1 fully saturated rings. The number of hydrogen-bond acceptors (Lipinski definition) is 6. The second kappa shape index (κ2) is 6.87. The number of aromatic nitrogens is 7. The predicted molar refractivity (Wildman–Crippen MR) is 116 cm³/mol. The van der Waals surface area contributed by atoms with Crippen molar-refractivity contribution >= 4 is 12.2 Å². The molecule has 1 saturated carbocycles. The fraction of sp³-hybridized carbons (Fsp3) is 0.364. The van der Waals surface area contributed by atoms with Gasteiger partial charge in [-0.15, -0.1) is 0 Å². The highest BCUT2D eigenvalue weighted by atomic mass is 15.3. The van der Waals surface area contributed by atoms with E-state index in [0.717, 1.165) is 40.9 Å². The summed E-state index contributed by atoms with van der Waals surface area (Å²) in [5.41, 5.74) is 4.03. The number of nitrogens with zero attached hydrogens (tertiary/aromatic N) is 9. The Balaban J connectivity index is 1.56. The first kappa shape index (κ1) is 19.2. The molecule has 0 aliphatic heterocycles. The van der Waals surface area contributed by atoms with Crippen molar-refractivity contribution in [3.8, 4) is 28.6 Å². The lowest BCUT2D eigenvalue weighted by molar-refractivity contribution is -0.0138. The smallest absolute Gasteiger partial charge is 0.0999 e. The van der Waals surface area contributed by atoms with Gasteiger partial charge in [0, 0.05) is 37.1 Å². The summed E-state index contributed by atoms with van der Waals surface area (Å²) in [5.74, 6) is 0. The Bertz CT molecular complexity index is 1310. The average molecular weight is 413 g/mol. The summed E-state index contributed by atoms with van der Waals surface area (Å²) in [6.07, 6.45) is 13.3. The van der Waals surface area contributed by atoms with E-state index in [0.29, 0.717) is 13.0 Å².